The van der Waals surface area contributed by atoms with E-state index < -0.39 is 17.9 Å². The quantitative estimate of drug-likeness (QED) is 0.726. The average Bonchev–Trinajstić information content (AvgIpc) is 3.37. The van der Waals surface area contributed by atoms with Crippen LogP contribution in [-0.2, 0) is 4.79 Å². The van der Waals surface area contributed by atoms with Crippen molar-refractivity contribution in [3.63, 3.8) is 0 Å². The lowest BCUT2D eigenvalue weighted by atomic mass is 10.2. The van der Waals surface area contributed by atoms with Gasteiger partial charge < -0.3 is 10.4 Å². The van der Waals surface area contributed by atoms with Gasteiger partial charge in [-0.25, -0.2) is 14.5 Å². The van der Waals surface area contributed by atoms with Crippen molar-refractivity contribution >= 4 is 23.5 Å². The molecule has 1 amide bonds. The number of nitrogens with one attached hydrogen (secondary N) is 1. The van der Waals surface area contributed by atoms with Gasteiger partial charge in [0, 0.05) is 5.92 Å². The monoisotopic (exact) mass is 374 g/mol. The molecule has 1 atom stereocenters. The Bertz CT molecular complexity index is 858. The summed E-state index contributed by atoms with van der Waals surface area (Å²) in [6.07, 6.45) is 5.56. The van der Waals surface area contributed by atoms with Crippen molar-refractivity contribution in [3.8, 4) is 5.69 Å². The van der Waals surface area contributed by atoms with Crippen molar-refractivity contribution in [1.29, 1.82) is 0 Å². The fourth-order valence-corrected chi connectivity index (χ4v) is 2.76. The lowest BCUT2D eigenvalue weighted by Crippen LogP contribution is -2.40. The number of rotatable bonds is 7. The molecule has 2 N–H and O–H groups in total. The van der Waals surface area contributed by atoms with Crippen molar-refractivity contribution in [2.45, 2.75) is 38.1 Å². The second kappa shape index (κ2) is 7.70. The number of halogens is 1. The van der Waals surface area contributed by atoms with Gasteiger partial charge in [0.15, 0.2) is 0 Å². The Labute approximate surface area is 155 Å². The molecule has 1 fully saturated rings. The van der Waals surface area contributed by atoms with E-state index in [1.165, 1.54) is 0 Å². The van der Waals surface area contributed by atoms with Crippen LogP contribution in [0, 0.1) is 0 Å². The molecule has 1 heterocycles. The number of para-hydroxylation sites is 1. The van der Waals surface area contributed by atoms with E-state index in [1.807, 2.05) is 12.1 Å². The fraction of sp³-hybridized carbons (Fsp3) is 0.333. The van der Waals surface area contributed by atoms with Crippen molar-refractivity contribution < 1.29 is 14.7 Å². The van der Waals surface area contributed by atoms with Crippen molar-refractivity contribution in [3.05, 3.63) is 53.1 Å². The molecule has 1 saturated carbocycles. The van der Waals surface area contributed by atoms with Gasteiger partial charge in [0.2, 0.25) is 5.82 Å². The number of carboxylic acid groups (broad SMARTS) is 1. The molecular weight excluding hydrogens is 356 g/mol. The summed E-state index contributed by atoms with van der Waals surface area (Å²) in [4.78, 5) is 28.1. The summed E-state index contributed by atoms with van der Waals surface area (Å²) < 4.78 is 1.58. The molecular formula is C18H19ClN4O3. The van der Waals surface area contributed by atoms with Crippen LogP contribution in [0.4, 0.5) is 0 Å². The zero-order chi connectivity index (χ0) is 18.7. The van der Waals surface area contributed by atoms with E-state index >= 15 is 0 Å². The third kappa shape index (κ3) is 3.94. The number of benzene rings is 1. The van der Waals surface area contributed by atoms with E-state index in [1.54, 1.807) is 35.9 Å². The van der Waals surface area contributed by atoms with Crippen LogP contribution in [0.2, 0.25) is 5.02 Å². The normalized spacial score (nSPS) is 15.2. The van der Waals surface area contributed by atoms with E-state index in [9.17, 15) is 14.7 Å². The number of aliphatic carboxylic acids is 1. The molecule has 0 bridgehead atoms. The Hall–Kier alpha value is -2.67. The van der Waals surface area contributed by atoms with Gasteiger partial charge in [-0.1, -0.05) is 35.9 Å². The molecule has 0 spiro atoms. The maximum absolute atomic E-state index is 12.5. The minimum Gasteiger partial charge on any atom is -0.480 e. The van der Waals surface area contributed by atoms with Crippen molar-refractivity contribution in [2.75, 3.05) is 0 Å². The smallest absolute Gasteiger partial charge is 0.326 e. The topological polar surface area (TPSA) is 97.1 Å². The Kier molecular flexibility index (Phi) is 5.37. The summed E-state index contributed by atoms with van der Waals surface area (Å²) in [5.41, 5.74) is 0.645. The zero-order valence-electron chi connectivity index (χ0n) is 14.2. The van der Waals surface area contributed by atoms with Crippen LogP contribution in [0.3, 0.4) is 0 Å². The molecule has 2 aromatic rings. The molecule has 0 saturated heterocycles. The van der Waals surface area contributed by atoms with E-state index in [4.69, 9.17) is 11.6 Å². The Morgan fingerprint density at radius 2 is 2.15 bits per heavy atom. The first-order valence-corrected chi connectivity index (χ1v) is 8.75. The van der Waals surface area contributed by atoms with Gasteiger partial charge in [-0.2, -0.15) is 0 Å². The molecule has 1 unspecified atom stereocenters. The number of hydrogen-bond donors (Lipinski definition) is 2. The first kappa shape index (κ1) is 18.1. The van der Waals surface area contributed by atoms with Crippen molar-refractivity contribution in [1.82, 2.24) is 20.1 Å². The van der Waals surface area contributed by atoms with Gasteiger partial charge >= 0.3 is 5.97 Å². The molecule has 1 aromatic carbocycles. The number of aromatic nitrogens is 3. The SMILES string of the molecule is C/C=C/CC(NC(=O)c1nc(C2CC2)n(-c2ccccc2Cl)n1)C(=O)O. The van der Waals surface area contributed by atoms with Gasteiger partial charge in [0.1, 0.15) is 11.9 Å². The second-order valence-electron chi connectivity index (χ2n) is 6.10. The predicted molar refractivity (Wildman–Crippen MR) is 96.7 cm³/mol. The lowest BCUT2D eigenvalue weighted by molar-refractivity contribution is -0.139. The van der Waals surface area contributed by atoms with Crippen LogP contribution in [0.15, 0.2) is 36.4 Å². The summed E-state index contributed by atoms with van der Waals surface area (Å²) >= 11 is 6.25. The summed E-state index contributed by atoms with van der Waals surface area (Å²) in [6.45, 7) is 1.79. The maximum atomic E-state index is 12.5. The first-order chi connectivity index (χ1) is 12.5. The van der Waals surface area contributed by atoms with E-state index in [0.29, 0.717) is 16.5 Å². The minimum atomic E-state index is -1.11. The summed E-state index contributed by atoms with van der Waals surface area (Å²) in [5, 5.41) is 16.5. The third-order valence-electron chi connectivity index (χ3n) is 4.07. The predicted octanol–water partition coefficient (Wildman–Crippen LogP) is 2.95. The number of allylic oxidation sites excluding steroid dienone is 1. The van der Waals surface area contributed by atoms with Gasteiger partial charge in [0.25, 0.3) is 5.91 Å². The summed E-state index contributed by atoms with van der Waals surface area (Å²) in [7, 11) is 0. The number of carbonyl (C=O) groups is 2. The van der Waals surface area contributed by atoms with Crippen LogP contribution < -0.4 is 5.32 Å². The number of carbonyl (C=O) groups excluding carboxylic acids is 1. The highest BCUT2D eigenvalue weighted by Gasteiger charge is 2.32. The molecule has 1 aromatic heterocycles. The fourth-order valence-electron chi connectivity index (χ4n) is 2.54. The Morgan fingerprint density at radius 3 is 2.77 bits per heavy atom. The van der Waals surface area contributed by atoms with Gasteiger partial charge in [-0.3, -0.25) is 4.79 Å². The van der Waals surface area contributed by atoms with E-state index in [-0.39, 0.29) is 18.2 Å². The highest BCUT2D eigenvalue weighted by Crippen LogP contribution is 2.40. The average molecular weight is 375 g/mol. The van der Waals surface area contributed by atoms with Gasteiger partial charge in [-0.05, 0) is 38.3 Å². The van der Waals surface area contributed by atoms with Crippen LogP contribution >= 0.6 is 11.6 Å². The molecule has 1 aliphatic carbocycles. The highest BCUT2D eigenvalue weighted by atomic mass is 35.5. The van der Waals surface area contributed by atoms with E-state index in [2.05, 4.69) is 15.4 Å². The van der Waals surface area contributed by atoms with Crippen LogP contribution in [0.25, 0.3) is 5.69 Å². The molecule has 0 radical (unpaired) electrons. The maximum Gasteiger partial charge on any atom is 0.326 e. The van der Waals surface area contributed by atoms with Gasteiger partial charge in [0.05, 0.1) is 10.7 Å². The Balaban J connectivity index is 1.89. The number of amides is 1. The lowest BCUT2D eigenvalue weighted by Gasteiger charge is -2.10. The third-order valence-corrected chi connectivity index (χ3v) is 4.39. The molecule has 26 heavy (non-hydrogen) atoms. The van der Waals surface area contributed by atoms with Crippen LogP contribution in [0.5, 0.6) is 0 Å². The first-order valence-electron chi connectivity index (χ1n) is 8.38. The van der Waals surface area contributed by atoms with Gasteiger partial charge in [-0.15, -0.1) is 5.10 Å². The Morgan fingerprint density at radius 1 is 1.42 bits per heavy atom. The molecule has 136 valence electrons. The standard InChI is InChI=1S/C18H19ClN4O3/c1-2-3-7-13(18(25)26)20-17(24)15-21-16(11-9-10-11)23(22-15)14-8-5-4-6-12(14)19/h2-6,8,11,13H,7,9-10H2,1H3,(H,20,24)(H,25,26)/b3-2+. The minimum absolute atomic E-state index is 0.0569. The number of carboxylic acids is 1. The van der Waals surface area contributed by atoms with Crippen LogP contribution in [-0.4, -0.2) is 37.8 Å². The number of nitrogens with zero attached hydrogens (tertiary/aromatic N) is 3. The summed E-state index contributed by atoms with van der Waals surface area (Å²) in [6, 6.07) is 6.15. The molecule has 7 nitrogen and oxygen atoms in total. The number of hydrogen-bond acceptors (Lipinski definition) is 4. The largest absolute Gasteiger partial charge is 0.480 e. The zero-order valence-corrected chi connectivity index (χ0v) is 15.0. The molecule has 3 rings (SSSR count). The van der Waals surface area contributed by atoms with E-state index in [0.717, 1.165) is 12.8 Å². The highest BCUT2D eigenvalue weighted by molar-refractivity contribution is 6.32. The summed E-state index contributed by atoms with van der Waals surface area (Å²) in [5.74, 6) is -0.875. The second-order valence-corrected chi connectivity index (χ2v) is 6.51. The van der Waals surface area contributed by atoms with Crippen LogP contribution in [0.1, 0.15) is 48.5 Å². The molecule has 8 heteroatoms. The molecule has 1 aliphatic rings. The molecule has 0 aliphatic heterocycles. The van der Waals surface area contributed by atoms with Crippen molar-refractivity contribution in [2.24, 2.45) is 0 Å².